The van der Waals surface area contributed by atoms with Crippen LogP contribution < -0.4 is 10.6 Å². The Balaban J connectivity index is 2.34. The first-order chi connectivity index (χ1) is 9.88. The standard InChI is InChI=1S/C15H19BrN2O3/c1-9(2)15(6-7-17-8-15)14(21)18-12-10(13(19)20)4-3-5-11(12)16/h3-5,9,17H,6-8H2,1-2H3,(H,18,21)(H,19,20). The van der Waals surface area contributed by atoms with Gasteiger partial charge < -0.3 is 15.7 Å². The molecule has 6 heteroatoms. The zero-order valence-electron chi connectivity index (χ0n) is 12.1. The van der Waals surface area contributed by atoms with Crippen LogP contribution in [-0.2, 0) is 4.79 Å². The van der Waals surface area contributed by atoms with E-state index in [1.54, 1.807) is 12.1 Å². The molecule has 0 radical (unpaired) electrons. The average Bonchev–Trinajstić information content (AvgIpc) is 2.91. The molecule has 1 saturated heterocycles. The fraction of sp³-hybridized carbons (Fsp3) is 0.467. The zero-order valence-corrected chi connectivity index (χ0v) is 13.7. The summed E-state index contributed by atoms with van der Waals surface area (Å²) in [4.78, 5) is 24.0. The number of hydrogen-bond donors (Lipinski definition) is 3. The van der Waals surface area contributed by atoms with E-state index in [0.717, 1.165) is 13.0 Å². The smallest absolute Gasteiger partial charge is 0.337 e. The number of halogens is 1. The zero-order chi connectivity index (χ0) is 15.6. The van der Waals surface area contributed by atoms with E-state index < -0.39 is 11.4 Å². The number of carboxylic acids is 1. The van der Waals surface area contributed by atoms with Gasteiger partial charge in [0.05, 0.1) is 16.7 Å². The molecule has 1 fully saturated rings. The first kappa shape index (κ1) is 16.0. The molecule has 0 aliphatic carbocycles. The van der Waals surface area contributed by atoms with Crippen molar-refractivity contribution in [2.24, 2.45) is 11.3 Å². The van der Waals surface area contributed by atoms with E-state index in [4.69, 9.17) is 0 Å². The molecule has 3 N–H and O–H groups in total. The maximum atomic E-state index is 12.7. The van der Waals surface area contributed by atoms with Crippen LogP contribution in [0.4, 0.5) is 5.69 Å². The Morgan fingerprint density at radius 1 is 1.43 bits per heavy atom. The summed E-state index contributed by atoms with van der Waals surface area (Å²) < 4.78 is 0.570. The molecule has 1 aromatic carbocycles. The molecule has 1 atom stereocenters. The molecule has 114 valence electrons. The average molecular weight is 355 g/mol. The molecule has 5 nitrogen and oxygen atoms in total. The van der Waals surface area contributed by atoms with E-state index in [9.17, 15) is 14.7 Å². The molecule has 0 spiro atoms. The lowest BCUT2D eigenvalue weighted by Gasteiger charge is -2.31. The highest BCUT2D eigenvalue weighted by Crippen LogP contribution is 2.37. The molecule has 0 aromatic heterocycles. The van der Waals surface area contributed by atoms with Crippen LogP contribution in [0.15, 0.2) is 22.7 Å². The lowest BCUT2D eigenvalue weighted by molar-refractivity contribution is -0.126. The van der Waals surface area contributed by atoms with Gasteiger partial charge >= 0.3 is 5.97 Å². The Morgan fingerprint density at radius 2 is 2.14 bits per heavy atom. The molecule has 1 unspecified atom stereocenters. The van der Waals surface area contributed by atoms with Gasteiger partial charge in [-0.15, -0.1) is 0 Å². The Hall–Kier alpha value is -1.40. The van der Waals surface area contributed by atoms with E-state index >= 15 is 0 Å². The quantitative estimate of drug-likeness (QED) is 0.776. The molecule has 2 rings (SSSR count). The van der Waals surface area contributed by atoms with Gasteiger partial charge in [-0.25, -0.2) is 4.79 Å². The monoisotopic (exact) mass is 354 g/mol. The lowest BCUT2D eigenvalue weighted by atomic mass is 9.75. The number of anilines is 1. The second-order valence-corrected chi connectivity index (χ2v) is 6.51. The minimum Gasteiger partial charge on any atom is -0.478 e. The minimum atomic E-state index is -1.06. The van der Waals surface area contributed by atoms with Crippen molar-refractivity contribution in [2.45, 2.75) is 20.3 Å². The lowest BCUT2D eigenvalue weighted by Crippen LogP contribution is -2.42. The van der Waals surface area contributed by atoms with Crippen LogP contribution in [0.5, 0.6) is 0 Å². The Labute approximate surface area is 132 Å². The first-order valence-corrected chi connectivity index (χ1v) is 7.72. The van der Waals surface area contributed by atoms with Crippen molar-refractivity contribution >= 4 is 33.5 Å². The number of amides is 1. The van der Waals surface area contributed by atoms with Crippen molar-refractivity contribution in [3.8, 4) is 0 Å². The number of nitrogens with one attached hydrogen (secondary N) is 2. The summed E-state index contributed by atoms with van der Waals surface area (Å²) in [5.41, 5.74) is -0.0880. The van der Waals surface area contributed by atoms with Gasteiger partial charge in [0, 0.05) is 11.0 Å². The predicted molar refractivity (Wildman–Crippen MR) is 84.5 cm³/mol. The molecule has 1 amide bonds. The number of benzene rings is 1. The van der Waals surface area contributed by atoms with E-state index in [0.29, 0.717) is 16.7 Å². The highest BCUT2D eigenvalue weighted by atomic mass is 79.9. The van der Waals surface area contributed by atoms with Crippen molar-refractivity contribution in [1.82, 2.24) is 5.32 Å². The Bertz CT molecular complexity index is 566. The predicted octanol–water partition coefficient (Wildman–Crippen LogP) is 2.72. The number of para-hydroxylation sites is 1. The maximum absolute atomic E-state index is 12.7. The van der Waals surface area contributed by atoms with Crippen LogP contribution in [0.25, 0.3) is 0 Å². The molecule has 1 aliphatic heterocycles. The molecular weight excluding hydrogens is 336 g/mol. The number of hydrogen-bond acceptors (Lipinski definition) is 3. The largest absolute Gasteiger partial charge is 0.478 e. The summed E-state index contributed by atoms with van der Waals surface area (Å²) in [6.45, 7) is 5.45. The number of carbonyl (C=O) groups is 2. The third kappa shape index (κ3) is 2.96. The van der Waals surface area contributed by atoms with E-state index in [1.807, 2.05) is 13.8 Å². The van der Waals surface area contributed by atoms with E-state index in [1.165, 1.54) is 6.07 Å². The van der Waals surface area contributed by atoms with Crippen LogP contribution in [-0.4, -0.2) is 30.1 Å². The number of aromatic carboxylic acids is 1. The van der Waals surface area contributed by atoms with Crippen LogP contribution >= 0.6 is 15.9 Å². The number of carbonyl (C=O) groups excluding carboxylic acids is 1. The van der Waals surface area contributed by atoms with Crippen molar-refractivity contribution in [1.29, 1.82) is 0 Å². The minimum absolute atomic E-state index is 0.0857. The molecule has 1 heterocycles. The number of carboxylic acid groups (broad SMARTS) is 1. The van der Waals surface area contributed by atoms with Gasteiger partial charge in [-0.2, -0.15) is 0 Å². The third-order valence-electron chi connectivity index (χ3n) is 4.23. The molecule has 0 saturated carbocycles. The van der Waals surface area contributed by atoms with Crippen LogP contribution in [0.1, 0.15) is 30.6 Å². The van der Waals surface area contributed by atoms with E-state index in [-0.39, 0.29) is 17.4 Å². The Kier molecular flexibility index (Phi) is 4.68. The van der Waals surface area contributed by atoms with Crippen LogP contribution in [0, 0.1) is 11.3 Å². The van der Waals surface area contributed by atoms with Crippen LogP contribution in [0.2, 0.25) is 0 Å². The van der Waals surface area contributed by atoms with Gasteiger partial charge in [0.25, 0.3) is 0 Å². The molecular formula is C15H19BrN2O3. The summed E-state index contributed by atoms with van der Waals surface area (Å²) in [6.07, 6.45) is 0.753. The second kappa shape index (κ2) is 6.15. The molecule has 21 heavy (non-hydrogen) atoms. The molecule has 1 aliphatic rings. The van der Waals surface area contributed by atoms with Gasteiger partial charge in [-0.3, -0.25) is 4.79 Å². The van der Waals surface area contributed by atoms with Gasteiger partial charge in [0.1, 0.15) is 0 Å². The third-order valence-corrected chi connectivity index (χ3v) is 4.89. The summed E-state index contributed by atoms with van der Waals surface area (Å²) in [6, 6.07) is 4.84. The Morgan fingerprint density at radius 3 is 2.67 bits per heavy atom. The second-order valence-electron chi connectivity index (χ2n) is 5.66. The van der Waals surface area contributed by atoms with E-state index in [2.05, 4.69) is 26.6 Å². The SMILES string of the molecule is CC(C)C1(C(=O)Nc2c(Br)cccc2C(=O)O)CCNC1. The number of rotatable bonds is 4. The summed E-state index contributed by atoms with van der Waals surface area (Å²) >= 11 is 3.31. The topological polar surface area (TPSA) is 78.4 Å². The highest BCUT2D eigenvalue weighted by Gasteiger charge is 2.44. The van der Waals surface area contributed by atoms with Crippen molar-refractivity contribution < 1.29 is 14.7 Å². The summed E-state index contributed by atoms with van der Waals surface area (Å²) in [5.74, 6) is -1.02. The van der Waals surface area contributed by atoms with Crippen LogP contribution in [0.3, 0.4) is 0 Å². The fourth-order valence-corrected chi connectivity index (χ4v) is 3.19. The van der Waals surface area contributed by atoms with Gasteiger partial charge in [0.2, 0.25) is 5.91 Å². The van der Waals surface area contributed by atoms with Crippen molar-refractivity contribution in [2.75, 3.05) is 18.4 Å². The first-order valence-electron chi connectivity index (χ1n) is 6.92. The molecule has 0 bridgehead atoms. The van der Waals surface area contributed by atoms with Crippen molar-refractivity contribution in [3.63, 3.8) is 0 Å². The van der Waals surface area contributed by atoms with Gasteiger partial charge in [-0.1, -0.05) is 19.9 Å². The fourth-order valence-electron chi connectivity index (χ4n) is 2.73. The normalized spacial score (nSPS) is 21.5. The van der Waals surface area contributed by atoms with Gasteiger partial charge in [-0.05, 0) is 46.9 Å². The van der Waals surface area contributed by atoms with Crippen molar-refractivity contribution in [3.05, 3.63) is 28.2 Å². The van der Waals surface area contributed by atoms with Gasteiger partial charge in [0.15, 0.2) is 0 Å². The summed E-state index contributed by atoms with van der Waals surface area (Å²) in [5, 5.41) is 15.3. The molecule has 1 aromatic rings. The highest BCUT2D eigenvalue weighted by molar-refractivity contribution is 9.10. The summed E-state index contributed by atoms with van der Waals surface area (Å²) in [7, 11) is 0. The maximum Gasteiger partial charge on any atom is 0.337 e.